The topological polar surface area (TPSA) is 27.7 Å². The SMILES string of the molecule is CCOC(Cc1ccc(OC)c(F)c1)OCC. The molecular weight excluding hydrogens is 223 g/mol. The van der Waals surface area contributed by atoms with Gasteiger partial charge >= 0.3 is 0 Å². The van der Waals surface area contributed by atoms with Crippen molar-refractivity contribution >= 4 is 0 Å². The van der Waals surface area contributed by atoms with Gasteiger partial charge in [-0.05, 0) is 31.5 Å². The Labute approximate surface area is 101 Å². The number of ether oxygens (including phenoxy) is 3. The zero-order valence-electron chi connectivity index (χ0n) is 10.5. The summed E-state index contributed by atoms with van der Waals surface area (Å²) in [6.45, 7) is 4.95. The molecule has 3 nitrogen and oxygen atoms in total. The van der Waals surface area contributed by atoms with E-state index in [1.54, 1.807) is 6.07 Å². The fourth-order valence-electron chi connectivity index (χ4n) is 1.57. The molecular formula is C13H19FO3. The van der Waals surface area contributed by atoms with Gasteiger partial charge in [-0.2, -0.15) is 0 Å². The van der Waals surface area contributed by atoms with Crippen LogP contribution in [0.5, 0.6) is 5.75 Å². The maximum absolute atomic E-state index is 13.5. The highest BCUT2D eigenvalue weighted by Gasteiger charge is 2.11. The number of methoxy groups -OCH3 is 1. The van der Waals surface area contributed by atoms with Crippen LogP contribution in [0.25, 0.3) is 0 Å². The molecule has 0 radical (unpaired) electrons. The second-order valence-electron chi connectivity index (χ2n) is 3.51. The summed E-state index contributed by atoms with van der Waals surface area (Å²) < 4.78 is 29.1. The lowest BCUT2D eigenvalue weighted by Gasteiger charge is -2.17. The van der Waals surface area contributed by atoms with Crippen molar-refractivity contribution in [2.24, 2.45) is 0 Å². The highest BCUT2D eigenvalue weighted by Crippen LogP contribution is 2.19. The van der Waals surface area contributed by atoms with Crippen molar-refractivity contribution < 1.29 is 18.6 Å². The van der Waals surface area contributed by atoms with Crippen LogP contribution in [0, 0.1) is 5.82 Å². The van der Waals surface area contributed by atoms with E-state index in [9.17, 15) is 4.39 Å². The molecule has 0 unspecified atom stereocenters. The summed E-state index contributed by atoms with van der Waals surface area (Å²) in [5.41, 5.74) is 0.829. The molecule has 0 aliphatic rings. The molecule has 0 aliphatic carbocycles. The summed E-state index contributed by atoms with van der Waals surface area (Å²) in [5, 5.41) is 0. The number of hydrogen-bond acceptors (Lipinski definition) is 3. The minimum atomic E-state index is -0.364. The summed E-state index contributed by atoms with van der Waals surface area (Å²) in [6, 6.07) is 4.87. The van der Waals surface area contributed by atoms with Gasteiger partial charge in [0.25, 0.3) is 0 Å². The molecule has 0 amide bonds. The Kier molecular flexibility index (Phi) is 5.94. The van der Waals surface area contributed by atoms with Gasteiger partial charge in [0.1, 0.15) is 0 Å². The fraction of sp³-hybridized carbons (Fsp3) is 0.538. The second-order valence-corrected chi connectivity index (χ2v) is 3.51. The van der Waals surface area contributed by atoms with E-state index in [0.717, 1.165) is 5.56 Å². The quantitative estimate of drug-likeness (QED) is 0.688. The Morgan fingerprint density at radius 3 is 2.29 bits per heavy atom. The molecule has 0 fully saturated rings. The lowest BCUT2D eigenvalue weighted by molar-refractivity contribution is -0.134. The van der Waals surface area contributed by atoms with Crippen molar-refractivity contribution in [3.05, 3.63) is 29.6 Å². The van der Waals surface area contributed by atoms with Crippen LogP contribution >= 0.6 is 0 Å². The van der Waals surface area contributed by atoms with Crippen LogP contribution in [-0.2, 0) is 15.9 Å². The first-order valence-electron chi connectivity index (χ1n) is 5.76. The first-order chi connectivity index (χ1) is 8.21. The van der Waals surface area contributed by atoms with Gasteiger partial charge < -0.3 is 14.2 Å². The van der Waals surface area contributed by atoms with Crippen molar-refractivity contribution in [2.45, 2.75) is 26.6 Å². The largest absolute Gasteiger partial charge is 0.494 e. The minimum absolute atomic E-state index is 0.248. The molecule has 0 aromatic heterocycles. The third-order valence-corrected chi connectivity index (χ3v) is 2.32. The van der Waals surface area contributed by atoms with Gasteiger partial charge in [0.15, 0.2) is 17.9 Å². The predicted octanol–water partition coefficient (Wildman–Crippen LogP) is 2.78. The third kappa shape index (κ3) is 4.32. The van der Waals surface area contributed by atoms with Crippen molar-refractivity contribution in [1.29, 1.82) is 0 Å². The van der Waals surface area contributed by atoms with E-state index in [-0.39, 0.29) is 17.9 Å². The molecule has 0 atom stereocenters. The fourth-order valence-corrected chi connectivity index (χ4v) is 1.57. The summed E-state index contributed by atoms with van der Waals surface area (Å²) in [7, 11) is 1.45. The normalized spacial score (nSPS) is 10.9. The lowest BCUT2D eigenvalue weighted by atomic mass is 10.1. The summed E-state index contributed by atoms with van der Waals surface area (Å²) in [4.78, 5) is 0. The smallest absolute Gasteiger partial charge is 0.165 e. The minimum Gasteiger partial charge on any atom is -0.494 e. The summed E-state index contributed by atoms with van der Waals surface area (Å²) in [5.74, 6) is -0.116. The molecule has 96 valence electrons. The average molecular weight is 242 g/mol. The average Bonchev–Trinajstić information content (AvgIpc) is 2.30. The molecule has 17 heavy (non-hydrogen) atoms. The molecule has 0 saturated heterocycles. The monoisotopic (exact) mass is 242 g/mol. The van der Waals surface area contributed by atoms with Crippen molar-refractivity contribution in [2.75, 3.05) is 20.3 Å². The van der Waals surface area contributed by atoms with Crippen LogP contribution < -0.4 is 4.74 Å². The molecule has 4 heteroatoms. The highest BCUT2D eigenvalue weighted by molar-refractivity contribution is 5.29. The molecule has 0 heterocycles. The Hall–Kier alpha value is -1.13. The Morgan fingerprint density at radius 2 is 1.82 bits per heavy atom. The Morgan fingerprint density at radius 1 is 1.18 bits per heavy atom. The molecule has 1 aromatic carbocycles. The first-order valence-corrected chi connectivity index (χ1v) is 5.76. The Balaban J connectivity index is 2.68. The predicted molar refractivity (Wildman–Crippen MR) is 63.7 cm³/mol. The van der Waals surface area contributed by atoms with Gasteiger partial charge in [0.2, 0.25) is 0 Å². The molecule has 0 bridgehead atoms. The summed E-state index contributed by atoms with van der Waals surface area (Å²) >= 11 is 0. The van der Waals surface area contributed by atoms with E-state index in [1.807, 2.05) is 19.9 Å². The standard InChI is InChI=1S/C13H19FO3/c1-4-16-13(17-5-2)9-10-6-7-12(15-3)11(14)8-10/h6-8,13H,4-5,9H2,1-3H3. The van der Waals surface area contributed by atoms with Crippen molar-refractivity contribution in [3.8, 4) is 5.75 Å². The van der Waals surface area contributed by atoms with E-state index >= 15 is 0 Å². The van der Waals surface area contributed by atoms with Crippen LogP contribution in [0.4, 0.5) is 4.39 Å². The number of rotatable bonds is 7. The maximum Gasteiger partial charge on any atom is 0.165 e. The zero-order valence-corrected chi connectivity index (χ0v) is 10.5. The first kappa shape index (κ1) is 13.9. The maximum atomic E-state index is 13.5. The molecule has 0 N–H and O–H groups in total. The van der Waals surface area contributed by atoms with Crippen molar-refractivity contribution in [3.63, 3.8) is 0 Å². The lowest BCUT2D eigenvalue weighted by Crippen LogP contribution is -2.20. The van der Waals surface area contributed by atoms with Gasteiger partial charge in [0.05, 0.1) is 7.11 Å². The summed E-state index contributed by atoms with van der Waals surface area (Å²) in [6.07, 6.45) is 0.209. The number of benzene rings is 1. The van der Waals surface area contributed by atoms with Gasteiger partial charge in [-0.1, -0.05) is 6.07 Å². The molecule has 1 rings (SSSR count). The van der Waals surface area contributed by atoms with E-state index in [0.29, 0.717) is 19.6 Å². The van der Waals surface area contributed by atoms with E-state index < -0.39 is 0 Å². The van der Waals surface area contributed by atoms with Crippen LogP contribution in [-0.4, -0.2) is 26.6 Å². The van der Waals surface area contributed by atoms with Gasteiger partial charge in [-0.15, -0.1) is 0 Å². The van der Waals surface area contributed by atoms with Crippen LogP contribution in [0.2, 0.25) is 0 Å². The molecule has 0 aliphatic heterocycles. The zero-order chi connectivity index (χ0) is 12.7. The van der Waals surface area contributed by atoms with Crippen LogP contribution in [0.3, 0.4) is 0 Å². The Bertz CT molecular complexity index is 335. The van der Waals surface area contributed by atoms with E-state index in [2.05, 4.69) is 0 Å². The van der Waals surface area contributed by atoms with Gasteiger partial charge in [-0.25, -0.2) is 4.39 Å². The van der Waals surface area contributed by atoms with Crippen LogP contribution in [0.1, 0.15) is 19.4 Å². The van der Waals surface area contributed by atoms with Gasteiger partial charge in [0, 0.05) is 19.6 Å². The molecule has 1 aromatic rings. The van der Waals surface area contributed by atoms with E-state index in [4.69, 9.17) is 14.2 Å². The third-order valence-electron chi connectivity index (χ3n) is 2.32. The van der Waals surface area contributed by atoms with Crippen molar-refractivity contribution in [1.82, 2.24) is 0 Å². The molecule has 0 saturated carbocycles. The van der Waals surface area contributed by atoms with Crippen LogP contribution in [0.15, 0.2) is 18.2 Å². The van der Waals surface area contributed by atoms with Gasteiger partial charge in [-0.3, -0.25) is 0 Å². The molecule has 0 spiro atoms. The van der Waals surface area contributed by atoms with E-state index in [1.165, 1.54) is 13.2 Å². The number of hydrogen-bond donors (Lipinski definition) is 0. The second kappa shape index (κ2) is 7.25. The highest BCUT2D eigenvalue weighted by atomic mass is 19.1. The number of halogens is 1.